The predicted octanol–water partition coefficient (Wildman–Crippen LogP) is -0.814. The maximum absolute atomic E-state index is 10.2. The Morgan fingerprint density at radius 3 is 2.25 bits per heavy atom. The number of hydrogen-bond acceptors (Lipinski definition) is 5. The molecule has 6 heteroatoms. The van der Waals surface area contributed by atoms with Gasteiger partial charge < -0.3 is 24.2 Å². The molecule has 0 aromatic heterocycles. The summed E-state index contributed by atoms with van der Waals surface area (Å²) in [6.07, 6.45) is 0.804. The lowest BCUT2D eigenvalue weighted by Gasteiger charge is -2.26. The van der Waals surface area contributed by atoms with Crippen molar-refractivity contribution in [3.63, 3.8) is 0 Å². The predicted molar refractivity (Wildman–Crippen MR) is 54.8 cm³/mol. The fourth-order valence-electron chi connectivity index (χ4n) is 1.12. The van der Waals surface area contributed by atoms with Crippen molar-refractivity contribution in [3.05, 3.63) is 24.3 Å². The standard InChI is InChI=1S/C10H13BO5/c1-14-7-2-8-15-9-3-5-10(6-4-9)16-11(12)13/h3-6H,2,7-8H2,1H3/q-2. The molecule has 0 unspecified atom stereocenters. The Hall–Kier alpha value is -1.24. The molecule has 0 atom stereocenters. The van der Waals surface area contributed by atoms with E-state index in [0.29, 0.717) is 19.0 Å². The van der Waals surface area contributed by atoms with Gasteiger partial charge in [-0.3, -0.25) is 0 Å². The number of ether oxygens (including phenoxy) is 2. The summed E-state index contributed by atoms with van der Waals surface area (Å²) in [4.78, 5) is 0. The quantitative estimate of drug-likeness (QED) is 0.447. The molecule has 1 rings (SSSR count). The molecular formula is C10H13BO5-2. The zero-order chi connectivity index (χ0) is 11.8. The molecule has 0 spiro atoms. The summed E-state index contributed by atoms with van der Waals surface area (Å²) in [7, 11) is -0.664. The first-order valence-electron chi connectivity index (χ1n) is 4.92. The summed E-state index contributed by atoms with van der Waals surface area (Å²) in [5, 5.41) is 20.4. The van der Waals surface area contributed by atoms with Gasteiger partial charge in [-0.05, 0) is 24.3 Å². The number of rotatable bonds is 7. The third-order valence-electron chi connectivity index (χ3n) is 1.82. The minimum atomic E-state index is -2.30. The Morgan fingerprint density at radius 2 is 1.69 bits per heavy atom. The lowest BCUT2D eigenvalue weighted by molar-refractivity contribution is -0.372. The summed E-state index contributed by atoms with van der Waals surface area (Å²) >= 11 is 0. The van der Waals surface area contributed by atoms with Crippen LogP contribution in [-0.2, 0) is 4.74 Å². The van der Waals surface area contributed by atoms with Gasteiger partial charge in [0.2, 0.25) is 0 Å². The van der Waals surface area contributed by atoms with Gasteiger partial charge in [-0.2, -0.15) is 0 Å². The van der Waals surface area contributed by atoms with Crippen molar-refractivity contribution in [2.75, 3.05) is 20.3 Å². The van der Waals surface area contributed by atoms with Gasteiger partial charge in [0.15, 0.2) is 0 Å². The van der Waals surface area contributed by atoms with Crippen LogP contribution >= 0.6 is 0 Å². The molecule has 0 aliphatic carbocycles. The van der Waals surface area contributed by atoms with Crippen molar-refractivity contribution < 1.29 is 24.2 Å². The Bertz CT molecular complexity index is 288. The second kappa shape index (κ2) is 7.11. The third-order valence-corrected chi connectivity index (χ3v) is 1.82. The van der Waals surface area contributed by atoms with E-state index in [1.54, 1.807) is 19.2 Å². The molecule has 0 saturated carbocycles. The molecule has 0 N–H and O–H groups in total. The maximum atomic E-state index is 10.2. The van der Waals surface area contributed by atoms with Crippen LogP contribution in [0.5, 0.6) is 11.5 Å². The molecule has 0 radical (unpaired) electrons. The van der Waals surface area contributed by atoms with Crippen LogP contribution in [-0.4, -0.2) is 27.6 Å². The highest BCUT2D eigenvalue weighted by Gasteiger charge is 1.95. The fourth-order valence-corrected chi connectivity index (χ4v) is 1.12. The average molecular weight is 224 g/mol. The van der Waals surface area contributed by atoms with Gasteiger partial charge in [-0.25, -0.2) is 0 Å². The smallest absolute Gasteiger partial charge is 0.133 e. The van der Waals surface area contributed by atoms with Crippen LogP contribution in [0.4, 0.5) is 0 Å². The normalized spacial score (nSPS) is 9.94. The van der Waals surface area contributed by atoms with E-state index in [2.05, 4.69) is 4.65 Å². The Balaban J connectivity index is 2.33. The lowest BCUT2D eigenvalue weighted by Crippen LogP contribution is -2.50. The average Bonchev–Trinajstić information content (AvgIpc) is 2.26. The van der Waals surface area contributed by atoms with Crippen molar-refractivity contribution in [3.8, 4) is 11.5 Å². The molecule has 88 valence electrons. The van der Waals surface area contributed by atoms with Crippen LogP contribution in [0.3, 0.4) is 0 Å². The van der Waals surface area contributed by atoms with E-state index in [0.717, 1.165) is 6.42 Å². The number of hydrogen-bond donors (Lipinski definition) is 0. The lowest BCUT2D eigenvalue weighted by atomic mass is 10.2. The molecule has 0 bridgehead atoms. The molecule has 1 aromatic carbocycles. The number of benzene rings is 1. The van der Waals surface area contributed by atoms with Gasteiger partial charge in [-0.1, -0.05) is 0 Å². The second-order valence-corrected chi connectivity index (χ2v) is 3.07. The zero-order valence-corrected chi connectivity index (χ0v) is 9.05. The first kappa shape index (κ1) is 12.8. The van der Waals surface area contributed by atoms with Crippen LogP contribution in [0.25, 0.3) is 0 Å². The summed E-state index contributed by atoms with van der Waals surface area (Å²) in [5.74, 6) is 0.913. The monoisotopic (exact) mass is 224 g/mol. The largest absolute Gasteiger partial charge is 0.860 e. The van der Waals surface area contributed by atoms with Crippen molar-refractivity contribution in [1.82, 2.24) is 0 Å². The highest BCUT2D eigenvalue weighted by atomic mass is 16.6. The zero-order valence-electron chi connectivity index (χ0n) is 9.05. The minimum Gasteiger partial charge on any atom is -0.860 e. The van der Waals surface area contributed by atoms with Crippen LogP contribution < -0.4 is 19.4 Å². The van der Waals surface area contributed by atoms with E-state index in [4.69, 9.17) is 9.47 Å². The topological polar surface area (TPSA) is 73.8 Å². The highest BCUT2D eigenvalue weighted by Crippen LogP contribution is 2.17. The molecule has 0 saturated heterocycles. The molecule has 1 aromatic rings. The van der Waals surface area contributed by atoms with Gasteiger partial charge in [0, 0.05) is 20.1 Å². The summed E-state index contributed by atoms with van der Waals surface area (Å²) in [6.45, 7) is 1.20. The highest BCUT2D eigenvalue weighted by molar-refractivity contribution is 6.29. The van der Waals surface area contributed by atoms with Crippen molar-refractivity contribution >= 4 is 7.32 Å². The molecule has 0 heterocycles. The molecule has 0 aliphatic rings. The number of methoxy groups -OCH3 is 1. The second-order valence-electron chi connectivity index (χ2n) is 3.07. The van der Waals surface area contributed by atoms with Crippen molar-refractivity contribution in [2.45, 2.75) is 6.42 Å². The Kier molecular flexibility index (Phi) is 5.70. The molecule has 16 heavy (non-hydrogen) atoms. The van der Waals surface area contributed by atoms with E-state index in [1.807, 2.05) is 0 Å². The van der Waals surface area contributed by atoms with E-state index in [-0.39, 0.29) is 5.75 Å². The third kappa shape index (κ3) is 5.02. The minimum absolute atomic E-state index is 0.249. The van der Waals surface area contributed by atoms with E-state index in [1.165, 1.54) is 12.1 Å². The molecule has 0 fully saturated rings. The van der Waals surface area contributed by atoms with E-state index >= 15 is 0 Å². The van der Waals surface area contributed by atoms with Gasteiger partial charge >= 0.3 is 0 Å². The first-order valence-corrected chi connectivity index (χ1v) is 4.92. The summed E-state index contributed by atoms with van der Waals surface area (Å²) in [5.41, 5.74) is 0. The fraction of sp³-hybridized carbons (Fsp3) is 0.400. The Labute approximate surface area is 94.7 Å². The molecular weight excluding hydrogens is 211 g/mol. The van der Waals surface area contributed by atoms with Crippen LogP contribution in [0, 0.1) is 0 Å². The van der Waals surface area contributed by atoms with Crippen molar-refractivity contribution in [1.29, 1.82) is 0 Å². The van der Waals surface area contributed by atoms with Crippen LogP contribution in [0.1, 0.15) is 6.42 Å². The molecule has 0 amide bonds. The van der Waals surface area contributed by atoms with Crippen molar-refractivity contribution in [2.24, 2.45) is 0 Å². The SMILES string of the molecule is COCCCOc1ccc(OB([O-])[O-])cc1. The van der Waals surface area contributed by atoms with Crippen LogP contribution in [0.15, 0.2) is 24.3 Å². The van der Waals surface area contributed by atoms with Crippen LogP contribution in [0.2, 0.25) is 0 Å². The van der Waals surface area contributed by atoms with Gasteiger partial charge in [0.1, 0.15) is 13.1 Å². The van der Waals surface area contributed by atoms with Gasteiger partial charge in [0.05, 0.1) is 12.4 Å². The molecule has 5 nitrogen and oxygen atoms in total. The van der Waals surface area contributed by atoms with E-state index in [9.17, 15) is 10.0 Å². The maximum Gasteiger partial charge on any atom is 0.133 e. The summed E-state index contributed by atoms with van der Waals surface area (Å²) in [6, 6.07) is 6.33. The van der Waals surface area contributed by atoms with Gasteiger partial charge in [-0.15, -0.1) is 0 Å². The van der Waals surface area contributed by atoms with Gasteiger partial charge in [0.25, 0.3) is 0 Å². The molecule has 0 aliphatic heterocycles. The first-order chi connectivity index (χ1) is 7.72. The summed E-state index contributed by atoms with van der Waals surface area (Å²) < 4.78 is 14.7. The Morgan fingerprint density at radius 1 is 1.06 bits per heavy atom. The van der Waals surface area contributed by atoms with E-state index < -0.39 is 7.32 Å².